The van der Waals surface area contributed by atoms with Crippen molar-refractivity contribution >= 4 is 34.3 Å². The van der Waals surface area contributed by atoms with Gasteiger partial charge in [0.05, 0.1) is 5.69 Å². The number of thioether (sulfide) groups is 1. The molecule has 1 fully saturated rings. The number of anilines is 2. The van der Waals surface area contributed by atoms with E-state index in [1.54, 1.807) is 0 Å². The van der Waals surface area contributed by atoms with Gasteiger partial charge in [-0.3, -0.25) is 9.59 Å². The topological polar surface area (TPSA) is 49.4 Å². The standard InChI is InChI=1S/C16H13FN2O2S/c1-10-2-6-12(7-3-10)18-14-15(20)19(16(21)22-14)13-8-4-11(17)5-9-13/h2-9,14,18H,1H3. The zero-order chi connectivity index (χ0) is 15.7. The molecule has 1 N–H and O–H groups in total. The van der Waals surface area contributed by atoms with Crippen LogP contribution in [0.5, 0.6) is 0 Å². The lowest BCUT2D eigenvalue weighted by Crippen LogP contribution is -2.34. The van der Waals surface area contributed by atoms with Gasteiger partial charge in [0.15, 0.2) is 5.37 Å². The fourth-order valence-electron chi connectivity index (χ4n) is 2.13. The Morgan fingerprint density at radius 3 is 2.32 bits per heavy atom. The summed E-state index contributed by atoms with van der Waals surface area (Å²) >= 11 is 0.912. The van der Waals surface area contributed by atoms with E-state index in [2.05, 4.69) is 5.32 Å². The first-order valence-electron chi connectivity index (χ1n) is 6.68. The summed E-state index contributed by atoms with van der Waals surface area (Å²) < 4.78 is 13.0. The summed E-state index contributed by atoms with van der Waals surface area (Å²) in [6, 6.07) is 12.8. The zero-order valence-corrected chi connectivity index (χ0v) is 12.6. The molecule has 1 aliphatic rings. The second-order valence-corrected chi connectivity index (χ2v) is 5.98. The summed E-state index contributed by atoms with van der Waals surface area (Å²) in [6.45, 7) is 1.97. The van der Waals surface area contributed by atoms with Crippen LogP contribution in [0, 0.1) is 12.7 Å². The molecular weight excluding hydrogens is 303 g/mol. The fourth-order valence-corrected chi connectivity index (χ4v) is 3.03. The molecule has 3 rings (SSSR count). The number of imide groups is 1. The number of rotatable bonds is 3. The van der Waals surface area contributed by atoms with E-state index in [1.165, 1.54) is 24.3 Å². The summed E-state index contributed by atoms with van der Waals surface area (Å²) in [4.78, 5) is 25.5. The minimum absolute atomic E-state index is 0.359. The maximum atomic E-state index is 13.0. The third-order valence-electron chi connectivity index (χ3n) is 3.28. The van der Waals surface area contributed by atoms with E-state index in [4.69, 9.17) is 0 Å². The minimum Gasteiger partial charge on any atom is -0.365 e. The number of benzene rings is 2. The van der Waals surface area contributed by atoms with Gasteiger partial charge in [0.25, 0.3) is 11.1 Å². The van der Waals surface area contributed by atoms with Crippen molar-refractivity contribution < 1.29 is 14.0 Å². The molecule has 0 radical (unpaired) electrons. The first kappa shape index (κ1) is 14.6. The number of amides is 2. The van der Waals surface area contributed by atoms with Crippen molar-refractivity contribution in [2.24, 2.45) is 0 Å². The van der Waals surface area contributed by atoms with Gasteiger partial charge < -0.3 is 5.32 Å². The average molecular weight is 316 g/mol. The molecule has 2 aromatic carbocycles. The number of nitrogens with one attached hydrogen (secondary N) is 1. The molecule has 0 bridgehead atoms. The molecule has 1 atom stereocenters. The van der Waals surface area contributed by atoms with E-state index in [0.29, 0.717) is 5.69 Å². The Bertz CT molecular complexity index is 716. The fraction of sp³-hybridized carbons (Fsp3) is 0.125. The van der Waals surface area contributed by atoms with Gasteiger partial charge in [0, 0.05) is 5.69 Å². The lowest BCUT2D eigenvalue weighted by atomic mass is 10.2. The summed E-state index contributed by atoms with van der Waals surface area (Å²) in [7, 11) is 0. The second-order valence-electron chi connectivity index (χ2n) is 4.92. The monoisotopic (exact) mass is 316 g/mol. The first-order valence-corrected chi connectivity index (χ1v) is 7.56. The van der Waals surface area contributed by atoms with Crippen molar-refractivity contribution in [1.29, 1.82) is 0 Å². The van der Waals surface area contributed by atoms with Crippen LogP contribution in [0.1, 0.15) is 5.56 Å². The third-order valence-corrected chi connectivity index (χ3v) is 4.22. The molecule has 6 heteroatoms. The van der Waals surface area contributed by atoms with E-state index < -0.39 is 11.2 Å². The van der Waals surface area contributed by atoms with Crippen LogP contribution in [-0.2, 0) is 4.79 Å². The van der Waals surface area contributed by atoms with Gasteiger partial charge >= 0.3 is 0 Å². The highest BCUT2D eigenvalue weighted by molar-refractivity contribution is 8.16. The summed E-state index contributed by atoms with van der Waals surface area (Å²) in [6.07, 6.45) is 0. The number of carbonyl (C=O) groups is 2. The molecule has 22 heavy (non-hydrogen) atoms. The number of hydrogen-bond donors (Lipinski definition) is 1. The predicted molar refractivity (Wildman–Crippen MR) is 85.5 cm³/mol. The van der Waals surface area contributed by atoms with E-state index in [9.17, 15) is 14.0 Å². The van der Waals surface area contributed by atoms with Crippen LogP contribution in [0.15, 0.2) is 48.5 Å². The normalized spacial score (nSPS) is 17.9. The third kappa shape index (κ3) is 2.82. The number of hydrogen-bond acceptors (Lipinski definition) is 4. The second kappa shape index (κ2) is 5.81. The van der Waals surface area contributed by atoms with Gasteiger partial charge in [0.1, 0.15) is 5.82 Å². The molecule has 1 heterocycles. The van der Waals surface area contributed by atoms with Gasteiger partial charge in [-0.05, 0) is 55.1 Å². The SMILES string of the molecule is Cc1ccc(NC2SC(=O)N(c3ccc(F)cc3)C2=O)cc1. The predicted octanol–water partition coefficient (Wildman–Crippen LogP) is 3.77. The van der Waals surface area contributed by atoms with Crippen LogP contribution in [0.2, 0.25) is 0 Å². The molecule has 1 unspecified atom stereocenters. The van der Waals surface area contributed by atoms with Gasteiger partial charge in [-0.2, -0.15) is 0 Å². The zero-order valence-electron chi connectivity index (χ0n) is 11.7. The number of nitrogens with zero attached hydrogens (tertiary/aromatic N) is 1. The average Bonchev–Trinajstić information content (AvgIpc) is 2.77. The Hall–Kier alpha value is -2.34. The van der Waals surface area contributed by atoms with E-state index in [0.717, 1.165) is 27.9 Å². The molecule has 0 aliphatic carbocycles. The molecular formula is C16H13FN2O2S. The quantitative estimate of drug-likeness (QED) is 0.936. The number of carbonyl (C=O) groups excluding carboxylic acids is 2. The van der Waals surface area contributed by atoms with Gasteiger partial charge in [-0.15, -0.1) is 0 Å². The summed E-state index contributed by atoms with van der Waals surface area (Å²) in [5.41, 5.74) is 2.25. The highest BCUT2D eigenvalue weighted by atomic mass is 32.2. The minimum atomic E-state index is -0.680. The Kier molecular flexibility index (Phi) is 3.85. The maximum absolute atomic E-state index is 13.0. The van der Waals surface area contributed by atoms with E-state index in [-0.39, 0.29) is 11.1 Å². The van der Waals surface area contributed by atoms with Crippen molar-refractivity contribution in [1.82, 2.24) is 0 Å². The van der Waals surface area contributed by atoms with Crippen LogP contribution < -0.4 is 10.2 Å². The number of halogens is 1. The van der Waals surface area contributed by atoms with Crippen LogP contribution in [0.3, 0.4) is 0 Å². The van der Waals surface area contributed by atoms with Crippen molar-refractivity contribution in [3.8, 4) is 0 Å². The van der Waals surface area contributed by atoms with Crippen molar-refractivity contribution in [3.05, 3.63) is 59.9 Å². The smallest absolute Gasteiger partial charge is 0.295 e. The highest BCUT2D eigenvalue weighted by Crippen LogP contribution is 2.32. The van der Waals surface area contributed by atoms with Crippen LogP contribution >= 0.6 is 11.8 Å². The van der Waals surface area contributed by atoms with Crippen molar-refractivity contribution in [3.63, 3.8) is 0 Å². The largest absolute Gasteiger partial charge is 0.365 e. The van der Waals surface area contributed by atoms with Gasteiger partial charge in [0.2, 0.25) is 0 Å². The molecule has 0 saturated carbocycles. The molecule has 1 saturated heterocycles. The van der Waals surface area contributed by atoms with Crippen LogP contribution in [0.25, 0.3) is 0 Å². The summed E-state index contributed by atoms with van der Waals surface area (Å²) in [5, 5.41) is 1.98. The Morgan fingerprint density at radius 2 is 1.68 bits per heavy atom. The van der Waals surface area contributed by atoms with Crippen LogP contribution in [-0.4, -0.2) is 16.5 Å². The Morgan fingerprint density at radius 1 is 1.05 bits per heavy atom. The molecule has 112 valence electrons. The lowest BCUT2D eigenvalue weighted by Gasteiger charge is -2.15. The number of aryl methyl sites for hydroxylation is 1. The summed E-state index contributed by atoms with van der Waals surface area (Å²) in [5.74, 6) is -0.771. The lowest BCUT2D eigenvalue weighted by molar-refractivity contribution is -0.116. The van der Waals surface area contributed by atoms with E-state index >= 15 is 0 Å². The van der Waals surface area contributed by atoms with Gasteiger partial charge in [-0.1, -0.05) is 17.7 Å². The molecule has 0 spiro atoms. The van der Waals surface area contributed by atoms with Gasteiger partial charge in [-0.25, -0.2) is 9.29 Å². The molecule has 2 aromatic rings. The highest BCUT2D eigenvalue weighted by Gasteiger charge is 2.40. The van der Waals surface area contributed by atoms with E-state index in [1.807, 2.05) is 31.2 Å². The van der Waals surface area contributed by atoms with Crippen LogP contribution in [0.4, 0.5) is 20.6 Å². The first-order chi connectivity index (χ1) is 10.5. The molecule has 4 nitrogen and oxygen atoms in total. The molecule has 0 aromatic heterocycles. The molecule has 1 aliphatic heterocycles. The Balaban J connectivity index is 1.79. The Labute approximate surface area is 131 Å². The van der Waals surface area contributed by atoms with Crippen molar-refractivity contribution in [2.45, 2.75) is 12.3 Å². The van der Waals surface area contributed by atoms with Crippen molar-refractivity contribution in [2.75, 3.05) is 10.2 Å². The molecule has 2 amide bonds. The maximum Gasteiger partial charge on any atom is 0.295 e.